The average molecular weight is 576 g/mol. The molecule has 0 bridgehead atoms. The maximum Gasteiger partial charge on any atom is 0.443 e. The summed E-state index contributed by atoms with van der Waals surface area (Å²) >= 11 is 0. The third kappa shape index (κ3) is 6.45. The summed E-state index contributed by atoms with van der Waals surface area (Å²) < 4.78 is 18.6. The van der Waals surface area contributed by atoms with E-state index in [-0.39, 0.29) is 18.1 Å². The lowest BCUT2D eigenvalue weighted by Gasteiger charge is -2.32. The number of hydrogen-bond donors (Lipinski definition) is 0. The zero-order chi connectivity index (χ0) is 30.8. The van der Waals surface area contributed by atoms with Crippen LogP contribution in [0.25, 0.3) is 21.7 Å². The van der Waals surface area contributed by atoms with Gasteiger partial charge in [0.05, 0.1) is 43.4 Å². The molecule has 224 valence electrons. The van der Waals surface area contributed by atoms with Crippen LogP contribution in [0.4, 0.5) is 4.79 Å². The quantitative estimate of drug-likeness (QED) is 0.159. The second-order valence-electron chi connectivity index (χ2n) is 11.9. The number of aromatic nitrogens is 2. The van der Waals surface area contributed by atoms with Crippen LogP contribution in [0.2, 0.25) is 0 Å². The van der Waals surface area contributed by atoms with E-state index < -0.39 is 11.7 Å². The van der Waals surface area contributed by atoms with Gasteiger partial charge in [-0.05, 0) is 82.9 Å². The molecule has 1 atom stereocenters. The summed E-state index contributed by atoms with van der Waals surface area (Å²) in [5.41, 5.74) is 1.17. The first-order valence-corrected chi connectivity index (χ1v) is 14.2. The Morgan fingerprint density at radius 2 is 1.67 bits per heavy atom. The highest BCUT2D eigenvalue weighted by Gasteiger charge is 2.30. The zero-order valence-corrected chi connectivity index (χ0v) is 26.0. The van der Waals surface area contributed by atoms with Gasteiger partial charge in [-0.2, -0.15) is 0 Å². The molecule has 2 aromatic heterocycles. The minimum atomic E-state index is -0.715. The lowest BCUT2D eigenvalue weighted by Crippen LogP contribution is -2.44. The largest absolute Gasteiger partial charge is 0.497 e. The van der Waals surface area contributed by atoms with Crippen LogP contribution in [0.1, 0.15) is 59.2 Å². The van der Waals surface area contributed by atoms with Crippen LogP contribution in [0.5, 0.6) is 17.2 Å². The number of methoxy groups -OCH3 is 2. The molecule has 0 aliphatic carbocycles. The van der Waals surface area contributed by atoms with Gasteiger partial charge in [-0.1, -0.05) is 26.0 Å². The number of pyridine rings is 2. The Kier molecular flexibility index (Phi) is 8.99. The van der Waals surface area contributed by atoms with Crippen molar-refractivity contribution >= 4 is 27.8 Å². The van der Waals surface area contributed by atoms with Crippen LogP contribution >= 0.6 is 0 Å². The van der Waals surface area contributed by atoms with Gasteiger partial charge in [0, 0.05) is 17.0 Å². The summed E-state index contributed by atoms with van der Waals surface area (Å²) in [5.74, 6) is 1.66. The molecular formula is C33H41N3O6. The SMILES string of the molecule is COc1ccc(Cn2c(=O)c3c(C)nccc3c3ccc(ON(C(=O)OC(C)(C)C)[C@@H](C)CC(C)C)c(OC)c32)cc1. The molecule has 0 N–H and O–H groups in total. The third-order valence-electron chi connectivity index (χ3n) is 6.94. The predicted octanol–water partition coefficient (Wildman–Crippen LogP) is 6.89. The molecule has 9 heteroatoms. The lowest BCUT2D eigenvalue weighted by atomic mass is 10.0. The molecule has 0 aliphatic rings. The molecule has 42 heavy (non-hydrogen) atoms. The Morgan fingerprint density at radius 1 is 0.976 bits per heavy atom. The third-order valence-corrected chi connectivity index (χ3v) is 6.94. The Balaban J connectivity index is 1.94. The van der Waals surface area contributed by atoms with E-state index in [1.165, 1.54) is 12.2 Å². The maximum absolute atomic E-state index is 14.1. The monoisotopic (exact) mass is 575 g/mol. The van der Waals surface area contributed by atoms with E-state index in [2.05, 4.69) is 18.8 Å². The molecule has 0 saturated heterocycles. The van der Waals surface area contributed by atoms with E-state index in [9.17, 15) is 9.59 Å². The Hall–Kier alpha value is -4.27. The van der Waals surface area contributed by atoms with Crippen molar-refractivity contribution in [2.75, 3.05) is 14.2 Å². The van der Waals surface area contributed by atoms with Gasteiger partial charge in [-0.25, -0.2) is 4.79 Å². The van der Waals surface area contributed by atoms with Crippen molar-refractivity contribution in [3.05, 3.63) is 70.3 Å². The summed E-state index contributed by atoms with van der Waals surface area (Å²) in [6.45, 7) is 13.6. The number of carbonyl (C=O) groups is 1. The molecule has 4 rings (SSSR count). The maximum atomic E-state index is 14.1. The van der Waals surface area contributed by atoms with Crippen molar-refractivity contribution in [2.45, 2.75) is 73.1 Å². The standard InChI is InChI=1S/C33H41N3O6/c1-20(2)18-21(3)36(32(38)41-33(5,6)7)42-27-15-14-26-25-16-17-34-22(4)28(25)31(37)35(29(26)30(27)40-9)19-23-10-12-24(39-8)13-11-23/h10-17,20-21H,18-19H2,1-9H3/t21-/m0/s1. The van der Waals surface area contributed by atoms with Crippen molar-refractivity contribution in [3.63, 3.8) is 0 Å². The van der Waals surface area contributed by atoms with Gasteiger partial charge in [0.25, 0.3) is 5.56 Å². The normalized spacial score (nSPS) is 12.4. The first-order chi connectivity index (χ1) is 19.8. The van der Waals surface area contributed by atoms with Crippen LogP contribution in [0, 0.1) is 12.8 Å². The molecule has 0 saturated carbocycles. The molecule has 0 unspecified atom stereocenters. The Bertz CT molecular complexity index is 1640. The fourth-order valence-electron chi connectivity index (χ4n) is 5.17. The van der Waals surface area contributed by atoms with Crippen LogP contribution in [-0.2, 0) is 11.3 Å². The molecule has 0 spiro atoms. The number of amides is 1. The van der Waals surface area contributed by atoms with Crippen LogP contribution < -0.4 is 19.9 Å². The van der Waals surface area contributed by atoms with Crippen LogP contribution in [0.3, 0.4) is 0 Å². The summed E-state index contributed by atoms with van der Waals surface area (Å²) in [4.78, 5) is 38.2. The van der Waals surface area contributed by atoms with Crippen LogP contribution in [0.15, 0.2) is 53.5 Å². The van der Waals surface area contributed by atoms with E-state index in [1.54, 1.807) is 23.9 Å². The highest BCUT2D eigenvalue weighted by molar-refractivity contribution is 6.08. The van der Waals surface area contributed by atoms with E-state index in [1.807, 2.05) is 71.0 Å². The minimum Gasteiger partial charge on any atom is -0.497 e. The second-order valence-corrected chi connectivity index (χ2v) is 11.9. The van der Waals surface area contributed by atoms with Gasteiger partial charge in [0.2, 0.25) is 0 Å². The molecule has 2 heterocycles. The number of rotatable bonds is 9. The number of hydroxylamine groups is 2. The number of nitrogens with zero attached hydrogens (tertiary/aromatic N) is 3. The molecule has 9 nitrogen and oxygen atoms in total. The average Bonchev–Trinajstić information content (AvgIpc) is 2.92. The van der Waals surface area contributed by atoms with Gasteiger partial charge < -0.3 is 19.0 Å². The molecular weight excluding hydrogens is 534 g/mol. The molecule has 1 amide bonds. The van der Waals surface area contributed by atoms with Crippen molar-refractivity contribution in [1.29, 1.82) is 0 Å². The van der Waals surface area contributed by atoms with Gasteiger partial charge in [0.15, 0.2) is 11.5 Å². The first-order valence-electron chi connectivity index (χ1n) is 14.2. The minimum absolute atomic E-state index is 0.202. The lowest BCUT2D eigenvalue weighted by molar-refractivity contribution is -0.0975. The number of aryl methyl sites for hydroxylation is 1. The van der Waals surface area contributed by atoms with Gasteiger partial charge in [-0.15, -0.1) is 5.06 Å². The second kappa shape index (κ2) is 12.3. The highest BCUT2D eigenvalue weighted by atomic mass is 16.7. The smallest absolute Gasteiger partial charge is 0.443 e. The topological polar surface area (TPSA) is 92.1 Å². The first kappa shape index (κ1) is 30.7. The zero-order valence-electron chi connectivity index (χ0n) is 26.0. The fourth-order valence-corrected chi connectivity index (χ4v) is 5.17. The number of hydrogen-bond acceptors (Lipinski definition) is 7. The van der Waals surface area contributed by atoms with E-state index in [0.29, 0.717) is 40.4 Å². The van der Waals surface area contributed by atoms with Crippen LogP contribution in [-0.4, -0.2) is 46.6 Å². The van der Waals surface area contributed by atoms with Crippen molar-refractivity contribution in [3.8, 4) is 17.2 Å². The fraction of sp³-hybridized carbons (Fsp3) is 0.424. The summed E-state index contributed by atoms with van der Waals surface area (Å²) in [5, 5.41) is 3.35. The van der Waals surface area contributed by atoms with E-state index >= 15 is 0 Å². The van der Waals surface area contributed by atoms with E-state index in [4.69, 9.17) is 19.0 Å². The van der Waals surface area contributed by atoms with Gasteiger partial charge >= 0.3 is 6.09 Å². The molecule has 4 aromatic rings. The van der Waals surface area contributed by atoms with Crippen molar-refractivity contribution < 1.29 is 23.8 Å². The molecule has 0 fully saturated rings. The van der Waals surface area contributed by atoms with Crippen molar-refractivity contribution in [1.82, 2.24) is 14.6 Å². The summed E-state index contributed by atoms with van der Waals surface area (Å²) in [7, 11) is 3.14. The number of carbonyl (C=O) groups excluding carboxylic acids is 1. The van der Waals surface area contributed by atoms with Gasteiger partial charge in [-0.3, -0.25) is 14.3 Å². The molecule has 2 aromatic carbocycles. The molecule has 0 radical (unpaired) electrons. The number of ether oxygens (including phenoxy) is 3. The van der Waals surface area contributed by atoms with E-state index in [0.717, 1.165) is 22.1 Å². The Labute approximate surface area is 246 Å². The summed E-state index contributed by atoms with van der Waals surface area (Å²) in [6, 6.07) is 12.7. The van der Waals surface area contributed by atoms with Gasteiger partial charge in [0.1, 0.15) is 11.4 Å². The van der Waals surface area contributed by atoms with Crippen molar-refractivity contribution in [2.24, 2.45) is 5.92 Å². The summed E-state index contributed by atoms with van der Waals surface area (Å²) in [6.07, 6.45) is 1.78. The Morgan fingerprint density at radius 3 is 2.26 bits per heavy atom. The predicted molar refractivity (Wildman–Crippen MR) is 165 cm³/mol. The number of fused-ring (bicyclic) bond motifs is 3. The molecule has 0 aliphatic heterocycles. The number of benzene rings is 2. The highest BCUT2D eigenvalue weighted by Crippen LogP contribution is 2.39.